The van der Waals surface area contributed by atoms with E-state index < -0.39 is 5.91 Å². The highest BCUT2D eigenvalue weighted by molar-refractivity contribution is 5.96. The van der Waals surface area contributed by atoms with E-state index in [0.29, 0.717) is 12.2 Å². The number of benzene rings is 1. The second kappa shape index (κ2) is 5.56. The molecule has 0 aliphatic heterocycles. The van der Waals surface area contributed by atoms with Crippen LogP contribution in [0.3, 0.4) is 0 Å². The molecule has 4 nitrogen and oxygen atoms in total. The molecule has 0 unspecified atom stereocenters. The fraction of sp³-hybridized carbons (Fsp3) is 0.167. The minimum absolute atomic E-state index is 0.0315. The molecule has 16 heavy (non-hydrogen) atoms. The first-order valence-corrected chi connectivity index (χ1v) is 4.83. The van der Waals surface area contributed by atoms with Gasteiger partial charge in [0.2, 0.25) is 0 Å². The number of nitrogens with one attached hydrogen (secondary N) is 1. The van der Waals surface area contributed by atoms with Crippen molar-refractivity contribution in [2.75, 3.05) is 0 Å². The zero-order valence-corrected chi connectivity index (χ0v) is 9.03. The van der Waals surface area contributed by atoms with E-state index in [0.717, 1.165) is 5.56 Å². The largest absolute Gasteiger partial charge is 0.383 e. The first-order chi connectivity index (χ1) is 7.65. The van der Waals surface area contributed by atoms with Crippen molar-refractivity contribution in [3.8, 4) is 6.07 Å². The minimum atomic E-state index is -0.708. The molecule has 0 saturated carbocycles. The fourth-order valence-electron chi connectivity index (χ4n) is 1.24. The van der Waals surface area contributed by atoms with E-state index in [1.165, 1.54) is 0 Å². The van der Waals surface area contributed by atoms with Gasteiger partial charge in [-0.2, -0.15) is 5.26 Å². The van der Waals surface area contributed by atoms with E-state index >= 15 is 0 Å². The molecule has 0 bridgehead atoms. The average molecular weight is 215 g/mol. The van der Waals surface area contributed by atoms with Gasteiger partial charge in [0.25, 0.3) is 5.91 Å². The lowest BCUT2D eigenvalue weighted by molar-refractivity contribution is -0.114. The molecule has 1 rings (SSSR count). The summed E-state index contributed by atoms with van der Waals surface area (Å²) in [6, 6.07) is 11.5. The van der Waals surface area contributed by atoms with E-state index in [2.05, 4.69) is 5.32 Å². The molecule has 3 N–H and O–H groups in total. The number of hydrogen-bond donors (Lipinski definition) is 2. The Morgan fingerprint density at radius 1 is 1.44 bits per heavy atom. The Morgan fingerprint density at radius 2 is 2.06 bits per heavy atom. The van der Waals surface area contributed by atoms with Crippen molar-refractivity contribution in [2.24, 2.45) is 5.73 Å². The van der Waals surface area contributed by atoms with Gasteiger partial charge in [0.1, 0.15) is 11.6 Å². The Kier molecular flexibility index (Phi) is 4.10. The Morgan fingerprint density at radius 3 is 2.56 bits per heavy atom. The van der Waals surface area contributed by atoms with E-state index in [-0.39, 0.29) is 5.57 Å². The number of nitrogens with zero attached hydrogens (tertiary/aromatic N) is 1. The number of amides is 1. The maximum atomic E-state index is 10.9. The van der Waals surface area contributed by atoms with E-state index in [9.17, 15) is 4.79 Å². The SMILES string of the molecule is C/C(NCc1ccccc1)=C(/C#N)C(N)=O. The topological polar surface area (TPSA) is 78.9 Å². The van der Waals surface area contributed by atoms with Crippen LogP contribution in [-0.2, 0) is 11.3 Å². The van der Waals surface area contributed by atoms with Crippen molar-refractivity contribution in [1.82, 2.24) is 5.32 Å². The maximum Gasteiger partial charge on any atom is 0.261 e. The van der Waals surface area contributed by atoms with E-state index in [1.54, 1.807) is 13.0 Å². The maximum absolute atomic E-state index is 10.9. The van der Waals surface area contributed by atoms with Crippen LogP contribution in [0.5, 0.6) is 0 Å². The number of primary amides is 1. The van der Waals surface area contributed by atoms with Crippen LogP contribution in [0.1, 0.15) is 12.5 Å². The smallest absolute Gasteiger partial charge is 0.261 e. The summed E-state index contributed by atoms with van der Waals surface area (Å²) >= 11 is 0. The van der Waals surface area contributed by atoms with Gasteiger partial charge in [-0.15, -0.1) is 0 Å². The Balaban J connectivity index is 2.69. The third-order valence-corrected chi connectivity index (χ3v) is 2.13. The molecule has 0 aliphatic rings. The van der Waals surface area contributed by atoms with Gasteiger partial charge in [-0.1, -0.05) is 30.3 Å². The zero-order chi connectivity index (χ0) is 12.0. The number of carbonyl (C=O) groups is 1. The molecule has 0 heterocycles. The third-order valence-electron chi connectivity index (χ3n) is 2.13. The first kappa shape index (κ1) is 11.8. The fourth-order valence-corrected chi connectivity index (χ4v) is 1.24. The summed E-state index contributed by atoms with van der Waals surface area (Å²) < 4.78 is 0. The summed E-state index contributed by atoms with van der Waals surface area (Å²) in [4.78, 5) is 10.9. The third kappa shape index (κ3) is 3.14. The van der Waals surface area contributed by atoms with Crippen molar-refractivity contribution in [2.45, 2.75) is 13.5 Å². The van der Waals surface area contributed by atoms with Crippen molar-refractivity contribution in [3.63, 3.8) is 0 Å². The van der Waals surface area contributed by atoms with Gasteiger partial charge in [-0.25, -0.2) is 0 Å². The van der Waals surface area contributed by atoms with Crippen LogP contribution in [-0.4, -0.2) is 5.91 Å². The molecule has 82 valence electrons. The number of allylic oxidation sites excluding steroid dienone is 1. The average Bonchev–Trinajstić information content (AvgIpc) is 2.28. The quantitative estimate of drug-likeness (QED) is 0.582. The molecule has 0 aromatic heterocycles. The normalized spacial score (nSPS) is 11.2. The predicted molar refractivity (Wildman–Crippen MR) is 60.8 cm³/mol. The van der Waals surface area contributed by atoms with Crippen LogP contribution in [0, 0.1) is 11.3 Å². The van der Waals surface area contributed by atoms with Gasteiger partial charge in [0, 0.05) is 12.2 Å². The molecule has 0 atom stereocenters. The number of carbonyl (C=O) groups excluding carboxylic acids is 1. The summed E-state index contributed by atoms with van der Waals surface area (Å²) in [6.07, 6.45) is 0. The Hall–Kier alpha value is -2.28. The minimum Gasteiger partial charge on any atom is -0.383 e. The second-order valence-electron chi connectivity index (χ2n) is 3.32. The van der Waals surface area contributed by atoms with Gasteiger partial charge in [-0.05, 0) is 12.5 Å². The molecule has 0 aliphatic carbocycles. The van der Waals surface area contributed by atoms with Crippen molar-refractivity contribution < 1.29 is 4.79 Å². The molecule has 0 spiro atoms. The lowest BCUT2D eigenvalue weighted by atomic mass is 10.2. The van der Waals surface area contributed by atoms with Gasteiger partial charge in [0.15, 0.2) is 0 Å². The number of hydrogen-bond acceptors (Lipinski definition) is 3. The Bertz CT molecular complexity index is 443. The lowest BCUT2D eigenvalue weighted by Crippen LogP contribution is -2.20. The summed E-state index contributed by atoms with van der Waals surface area (Å²) in [6.45, 7) is 2.22. The number of nitriles is 1. The second-order valence-corrected chi connectivity index (χ2v) is 3.32. The molecule has 1 aromatic carbocycles. The monoisotopic (exact) mass is 215 g/mol. The number of nitrogens with two attached hydrogens (primary N) is 1. The highest BCUT2D eigenvalue weighted by Crippen LogP contribution is 2.02. The van der Waals surface area contributed by atoms with Crippen LogP contribution in [0.2, 0.25) is 0 Å². The lowest BCUT2D eigenvalue weighted by Gasteiger charge is -2.07. The van der Waals surface area contributed by atoms with Crippen LogP contribution in [0.15, 0.2) is 41.6 Å². The molecule has 0 fully saturated rings. The van der Waals surface area contributed by atoms with Crippen LogP contribution >= 0.6 is 0 Å². The Labute approximate surface area is 94.4 Å². The van der Waals surface area contributed by atoms with Crippen LogP contribution < -0.4 is 11.1 Å². The first-order valence-electron chi connectivity index (χ1n) is 4.83. The zero-order valence-electron chi connectivity index (χ0n) is 9.03. The highest BCUT2D eigenvalue weighted by atomic mass is 16.1. The predicted octanol–water partition coefficient (Wildman–Crippen LogP) is 1.06. The molecular formula is C12H13N3O. The number of rotatable bonds is 4. The van der Waals surface area contributed by atoms with Gasteiger partial charge in [0.05, 0.1) is 0 Å². The summed E-state index contributed by atoms with van der Waals surface area (Å²) in [7, 11) is 0. The van der Waals surface area contributed by atoms with Gasteiger partial charge >= 0.3 is 0 Å². The standard InChI is InChI=1S/C12H13N3O/c1-9(11(7-13)12(14)16)15-8-10-5-3-2-4-6-10/h2-6,15H,8H2,1H3,(H2,14,16)/b11-9+. The van der Waals surface area contributed by atoms with E-state index in [4.69, 9.17) is 11.0 Å². The van der Waals surface area contributed by atoms with Crippen LogP contribution in [0.25, 0.3) is 0 Å². The van der Waals surface area contributed by atoms with Gasteiger partial charge in [-0.3, -0.25) is 4.79 Å². The molecular weight excluding hydrogens is 202 g/mol. The summed E-state index contributed by atoms with van der Waals surface area (Å²) in [5.41, 5.74) is 6.60. The van der Waals surface area contributed by atoms with Gasteiger partial charge < -0.3 is 11.1 Å². The highest BCUT2D eigenvalue weighted by Gasteiger charge is 2.07. The van der Waals surface area contributed by atoms with Crippen molar-refractivity contribution >= 4 is 5.91 Å². The summed E-state index contributed by atoms with van der Waals surface area (Å²) in [5, 5.41) is 11.7. The molecule has 1 amide bonds. The summed E-state index contributed by atoms with van der Waals surface area (Å²) in [5.74, 6) is -0.708. The van der Waals surface area contributed by atoms with Crippen molar-refractivity contribution in [1.29, 1.82) is 5.26 Å². The molecule has 0 saturated heterocycles. The molecule has 1 aromatic rings. The van der Waals surface area contributed by atoms with E-state index in [1.807, 2.05) is 30.3 Å². The van der Waals surface area contributed by atoms with Crippen LogP contribution in [0.4, 0.5) is 0 Å². The molecule has 4 heteroatoms. The van der Waals surface area contributed by atoms with Crippen molar-refractivity contribution in [3.05, 3.63) is 47.2 Å². The molecule has 0 radical (unpaired) electrons.